The number of hydrogen-bond donors (Lipinski definition) is 0. The molecule has 6 aromatic rings. The van der Waals surface area contributed by atoms with Gasteiger partial charge in [0, 0.05) is 40.4 Å². The van der Waals surface area contributed by atoms with E-state index in [9.17, 15) is 0 Å². The summed E-state index contributed by atoms with van der Waals surface area (Å²) < 4.78 is 8.51. The summed E-state index contributed by atoms with van der Waals surface area (Å²) in [4.78, 5) is 9.07. The van der Waals surface area contributed by atoms with Crippen LogP contribution in [-0.4, -0.2) is 17.8 Å². The second-order valence-electron chi connectivity index (χ2n) is 12.1. The van der Waals surface area contributed by atoms with Crippen LogP contribution in [0.4, 0.5) is 0 Å². The van der Waals surface area contributed by atoms with Crippen LogP contribution in [0.15, 0.2) is 83.5 Å². The molecule has 2 radical (unpaired) electrons. The molecule has 0 amide bonds. The molecule has 0 spiro atoms. The van der Waals surface area contributed by atoms with Crippen LogP contribution in [-0.2, 0) is 18.3 Å². The Hall–Kier alpha value is -4.25. The smallest absolute Gasteiger partial charge is 0.227 e. The predicted octanol–water partition coefficient (Wildman–Crippen LogP) is 9.93. The molecule has 0 aliphatic heterocycles. The molecule has 0 unspecified atom stereocenters. The lowest BCUT2D eigenvalue weighted by molar-refractivity contribution is -0.682. The molecule has 4 heterocycles. The topological polar surface area (TPSA) is 42.8 Å². The second kappa shape index (κ2) is 14.2. The molecule has 45 heavy (non-hydrogen) atoms. The summed E-state index contributed by atoms with van der Waals surface area (Å²) in [7, 11) is 6.38. The van der Waals surface area contributed by atoms with Crippen molar-refractivity contribution < 1.29 is 8.98 Å². The molecule has 0 aliphatic rings. The molecule has 0 atom stereocenters. The number of aryl methyl sites for hydroxylation is 6. The molecule has 230 valence electrons. The highest BCUT2D eigenvalue weighted by molar-refractivity contribution is 6.15. The maximum atomic E-state index is 6.38. The van der Waals surface area contributed by atoms with Gasteiger partial charge in [0.05, 0.1) is 19.1 Å². The molecule has 6 rings (SSSR count). The van der Waals surface area contributed by atoms with Crippen LogP contribution in [0.25, 0.3) is 44.6 Å². The molecular weight excluding hydrogens is 549 g/mol. The molecule has 0 bridgehead atoms. The Bertz CT molecular complexity index is 1910. The molecule has 0 aliphatic carbocycles. The van der Waals surface area contributed by atoms with Gasteiger partial charge in [-0.1, -0.05) is 76.6 Å². The quantitative estimate of drug-likeness (QED) is 0.147. The van der Waals surface area contributed by atoms with E-state index in [1.807, 2.05) is 46.9 Å². The van der Waals surface area contributed by atoms with Gasteiger partial charge in [-0.05, 0) is 86.8 Å². The van der Waals surface area contributed by atoms with Crippen molar-refractivity contribution in [3.8, 4) is 22.5 Å². The van der Waals surface area contributed by atoms with Gasteiger partial charge in [0.25, 0.3) is 0 Å². The van der Waals surface area contributed by atoms with Gasteiger partial charge in [-0.3, -0.25) is 4.98 Å². The largest absolute Gasteiger partial charge is 0.437 e. The van der Waals surface area contributed by atoms with E-state index >= 15 is 0 Å². The van der Waals surface area contributed by atoms with Crippen molar-refractivity contribution in [2.45, 2.75) is 87.5 Å². The summed E-state index contributed by atoms with van der Waals surface area (Å²) in [6.07, 6.45) is 5.09. The summed E-state index contributed by atoms with van der Waals surface area (Å²) in [5.74, 6) is 0. The average molecular weight is 597 g/mol. The molecule has 5 heteroatoms. The third-order valence-corrected chi connectivity index (χ3v) is 8.06. The highest BCUT2D eigenvalue weighted by atomic mass is 16.3. The van der Waals surface area contributed by atoms with Crippen LogP contribution in [0, 0.1) is 27.7 Å². The Labute approximate surface area is 271 Å². The SMILES string of the molecule is CC.CCc1cc(C)ccc1-c1ccc(C)cn1.[B]C(C)(C)c1cc[n+](CC)c(-c2c(C)ccc3c2oc2nc(C)ccc23)c1. The Balaban J connectivity index is 0.000000219. The molecule has 0 fully saturated rings. The zero-order chi connectivity index (χ0) is 32.9. The zero-order valence-corrected chi connectivity index (χ0v) is 28.7. The first kappa shape index (κ1) is 33.6. The van der Waals surface area contributed by atoms with E-state index in [0.29, 0.717) is 5.71 Å². The van der Waals surface area contributed by atoms with Crippen LogP contribution in [0.5, 0.6) is 0 Å². The fraction of sp³-hybridized carbons (Fsp3) is 0.325. The van der Waals surface area contributed by atoms with Crippen molar-refractivity contribution in [2.24, 2.45) is 0 Å². The lowest BCUT2D eigenvalue weighted by atomic mass is 9.67. The first-order chi connectivity index (χ1) is 21.5. The van der Waals surface area contributed by atoms with Crippen molar-refractivity contribution in [1.82, 2.24) is 9.97 Å². The van der Waals surface area contributed by atoms with Gasteiger partial charge in [-0.25, -0.2) is 4.98 Å². The van der Waals surface area contributed by atoms with Gasteiger partial charge in [0.1, 0.15) is 6.54 Å². The fourth-order valence-corrected chi connectivity index (χ4v) is 5.54. The van der Waals surface area contributed by atoms with Gasteiger partial charge in [0.15, 0.2) is 11.8 Å². The van der Waals surface area contributed by atoms with Crippen molar-refractivity contribution in [3.05, 3.63) is 113 Å². The monoisotopic (exact) mass is 596 g/mol. The number of aromatic nitrogens is 3. The van der Waals surface area contributed by atoms with E-state index in [2.05, 4.69) is 116 Å². The number of rotatable bonds is 5. The van der Waals surface area contributed by atoms with E-state index < -0.39 is 5.31 Å². The lowest BCUT2D eigenvalue weighted by Gasteiger charge is -2.19. The lowest BCUT2D eigenvalue weighted by Crippen LogP contribution is -2.36. The third kappa shape index (κ3) is 7.36. The van der Waals surface area contributed by atoms with Crippen molar-refractivity contribution in [2.75, 3.05) is 0 Å². The molecule has 2 aromatic carbocycles. The van der Waals surface area contributed by atoms with Crippen LogP contribution in [0.2, 0.25) is 0 Å². The first-order valence-electron chi connectivity index (χ1n) is 16.1. The standard InChI is InChI=1S/C23H24BN2O.C15H17N.C2H6/c1-6-26-12-11-16(23(4,5)24)13-19(26)20-14(2)7-9-17-18-10-8-15(3)25-22(18)27-21(17)20;1-4-13-9-11(2)5-7-14(13)15-8-6-12(3)10-16-15;1-2/h7-13H,6H2,1-5H3;5-10H,4H2,1-3H3;1-2H3/q+1;;. The molecule has 4 aromatic heterocycles. The molecule has 0 N–H and O–H groups in total. The Morgan fingerprint density at radius 2 is 1.53 bits per heavy atom. The number of hydrogen-bond acceptors (Lipinski definition) is 3. The Kier molecular flexibility index (Phi) is 10.6. The summed E-state index contributed by atoms with van der Waals surface area (Å²) in [6, 6.07) is 23.5. The number of furan rings is 1. The highest BCUT2D eigenvalue weighted by Gasteiger charge is 2.24. The van der Waals surface area contributed by atoms with Crippen LogP contribution in [0.1, 0.15) is 75.1 Å². The number of benzene rings is 2. The van der Waals surface area contributed by atoms with E-state index in [-0.39, 0.29) is 0 Å². The predicted molar refractivity (Wildman–Crippen MR) is 191 cm³/mol. The molecular formula is C40H47BN3O+. The maximum Gasteiger partial charge on any atom is 0.227 e. The van der Waals surface area contributed by atoms with Crippen LogP contribution >= 0.6 is 0 Å². The Morgan fingerprint density at radius 3 is 2.18 bits per heavy atom. The average Bonchev–Trinajstić information content (AvgIpc) is 3.39. The normalized spacial score (nSPS) is 11.2. The van der Waals surface area contributed by atoms with Gasteiger partial charge >= 0.3 is 0 Å². The minimum absolute atomic E-state index is 0.407. The summed E-state index contributed by atoms with van der Waals surface area (Å²) >= 11 is 0. The molecule has 0 saturated carbocycles. The minimum atomic E-state index is -0.407. The zero-order valence-electron chi connectivity index (χ0n) is 28.7. The highest BCUT2D eigenvalue weighted by Crippen LogP contribution is 2.37. The van der Waals surface area contributed by atoms with Crippen molar-refractivity contribution >= 4 is 29.9 Å². The number of pyridine rings is 3. The van der Waals surface area contributed by atoms with Gasteiger partial charge < -0.3 is 4.42 Å². The Morgan fingerprint density at radius 1 is 0.822 bits per heavy atom. The van der Waals surface area contributed by atoms with E-state index in [1.165, 1.54) is 27.8 Å². The van der Waals surface area contributed by atoms with Crippen LogP contribution < -0.4 is 4.57 Å². The minimum Gasteiger partial charge on any atom is -0.437 e. The molecule has 0 saturated heterocycles. The van der Waals surface area contributed by atoms with E-state index in [4.69, 9.17) is 12.3 Å². The van der Waals surface area contributed by atoms with Crippen LogP contribution in [0.3, 0.4) is 0 Å². The first-order valence-corrected chi connectivity index (χ1v) is 16.1. The fourth-order valence-electron chi connectivity index (χ4n) is 5.54. The third-order valence-electron chi connectivity index (χ3n) is 8.06. The van der Waals surface area contributed by atoms with Gasteiger partial charge in [-0.15, -0.1) is 0 Å². The van der Waals surface area contributed by atoms with E-state index in [0.717, 1.165) is 57.5 Å². The van der Waals surface area contributed by atoms with Crippen molar-refractivity contribution in [1.29, 1.82) is 0 Å². The number of nitrogens with zero attached hydrogens (tertiary/aromatic N) is 3. The van der Waals surface area contributed by atoms with Gasteiger partial charge in [-0.2, -0.15) is 4.57 Å². The maximum absolute atomic E-state index is 6.38. The van der Waals surface area contributed by atoms with E-state index in [1.54, 1.807) is 0 Å². The van der Waals surface area contributed by atoms with Crippen molar-refractivity contribution in [3.63, 3.8) is 0 Å². The molecule has 4 nitrogen and oxygen atoms in total. The number of fused-ring (bicyclic) bond motifs is 3. The van der Waals surface area contributed by atoms with Gasteiger partial charge in [0.2, 0.25) is 11.4 Å². The summed E-state index contributed by atoms with van der Waals surface area (Å²) in [5, 5.41) is 1.74. The summed E-state index contributed by atoms with van der Waals surface area (Å²) in [5.41, 5.74) is 13.2. The second-order valence-corrected chi connectivity index (χ2v) is 12.1. The summed E-state index contributed by atoms with van der Waals surface area (Å²) in [6.45, 7) is 21.6.